The van der Waals surface area contributed by atoms with E-state index >= 15 is 0 Å². The number of nitrogens with zero attached hydrogens (tertiary/aromatic N) is 1. The maximum atomic E-state index is 12.0. The van der Waals surface area contributed by atoms with Crippen LogP contribution in [0.1, 0.15) is 32.6 Å². The maximum absolute atomic E-state index is 12.0. The van der Waals surface area contributed by atoms with Crippen molar-refractivity contribution in [1.29, 1.82) is 0 Å². The topological polar surface area (TPSA) is 54.4 Å². The van der Waals surface area contributed by atoms with Gasteiger partial charge in [0.1, 0.15) is 6.10 Å². The first kappa shape index (κ1) is 19.0. The number of β-amino-alcohol motifs (C(OH)–C–C–N with tert-alkyl or cyclic N) is 1. The Balaban J connectivity index is 0.00000361. The fraction of sp³-hybridized carbons (Fsp3) is 0.583. The molecule has 116 valence electrons. The van der Waals surface area contributed by atoms with Crippen LogP contribution in [0.15, 0.2) is 18.2 Å². The van der Waals surface area contributed by atoms with E-state index in [0.29, 0.717) is 0 Å². The van der Waals surface area contributed by atoms with Crippen molar-refractivity contribution in [2.75, 3.05) is 6.54 Å². The van der Waals surface area contributed by atoms with Crippen molar-refractivity contribution in [2.24, 2.45) is 0 Å². The van der Waals surface area contributed by atoms with E-state index in [2.05, 4.69) is 15.0 Å². The highest BCUT2D eigenvalue weighted by atomic mass is 32.1. The zero-order valence-corrected chi connectivity index (χ0v) is 12.5. The van der Waals surface area contributed by atoms with Crippen LogP contribution in [0.4, 0.5) is 13.2 Å². The molecule has 1 aromatic rings. The molecule has 0 aliphatic rings. The first-order chi connectivity index (χ1) is 8.57. The van der Waals surface area contributed by atoms with E-state index in [1.54, 1.807) is 0 Å². The van der Waals surface area contributed by atoms with Crippen LogP contribution in [-0.4, -0.2) is 28.5 Å². The molecular formula is C12H19F3N2O2S. The first-order valence-electron chi connectivity index (χ1n) is 5.73. The van der Waals surface area contributed by atoms with Gasteiger partial charge in [-0.2, -0.15) is 13.5 Å². The van der Waals surface area contributed by atoms with Gasteiger partial charge in [0.25, 0.3) is 0 Å². The molecule has 8 heteroatoms. The molecule has 0 radical (unpaired) electrons. The van der Waals surface area contributed by atoms with E-state index < -0.39 is 18.3 Å². The van der Waals surface area contributed by atoms with Crippen LogP contribution in [0.3, 0.4) is 0 Å². The van der Waals surface area contributed by atoms with Gasteiger partial charge in [-0.25, -0.2) is 4.98 Å². The molecule has 4 nitrogen and oxygen atoms in total. The number of aromatic nitrogens is 1. The SMILES string of the molecule is CC(C)(C)NC[C@H](O)c1cccc(OC(F)(F)F)n1.S. The smallest absolute Gasteiger partial charge is 0.388 e. The van der Waals surface area contributed by atoms with Crippen molar-refractivity contribution in [3.8, 4) is 5.88 Å². The molecule has 0 fully saturated rings. The molecule has 0 bridgehead atoms. The van der Waals surface area contributed by atoms with Crippen molar-refractivity contribution in [3.63, 3.8) is 0 Å². The number of aliphatic hydroxyl groups is 1. The summed E-state index contributed by atoms with van der Waals surface area (Å²) in [4.78, 5) is 3.63. The summed E-state index contributed by atoms with van der Waals surface area (Å²) in [6.07, 6.45) is -5.80. The number of hydrogen-bond acceptors (Lipinski definition) is 4. The van der Waals surface area contributed by atoms with E-state index in [4.69, 9.17) is 0 Å². The molecule has 1 atom stereocenters. The lowest BCUT2D eigenvalue weighted by Gasteiger charge is -2.22. The largest absolute Gasteiger partial charge is 0.574 e. The highest BCUT2D eigenvalue weighted by Crippen LogP contribution is 2.22. The Morgan fingerprint density at radius 2 is 1.90 bits per heavy atom. The average molecular weight is 312 g/mol. The molecule has 0 spiro atoms. The van der Waals surface area contributed by atoms with Gasteiger partial charge in [0.2, 0.25) is 5.88 Å². The van der Waals surface area contributed by atoms with E-state index in [1.165, 1.54) is 12.1 Å². The molecular weight excluding hydrogens is 293 g/mol. The molecule has 1 rings (SSSR count). The number of ether oxygens (including phenoxy) is 1. The summed E-state index contributed by atoms with van der Waals surface area (Å²) >= 11 is 0. The molecule has 0 unspecified atom stereocenters. The van der Waals surface area contributed by atoms with Gasteiger partial charge < -0.3 is 15.2 Å². The Hall–Kier alpha value is -0.990. The Labute approximate surface area is 122 Å². The highest BCUT2D eigenvalue weighted by molar-refractivity contribution is 7.59. The molecule has 1 aromatic heterocycles. The van der Waals surface area contributed by atoms with E-state index in [9.17, 15) is 18.3 Å². The molecule has 1 heterocycles. The number of nitrogens with one attached hydrogen (secondary N) is 1. The standard InChI is InChI=1S/C12H17F3N2O2.H2S/c1-11(2,3)16-7-9(18)8-5-4-6-10(17-8)19-12(13,14)15;/h4-6,9,16,18H,7H2,1-3H3;1H2/t9-;/m0./s1. The summed E-state index contributed by atoms with van der Waals surface area (Å²) in [5, 5.41) is 12.9. The Morgan fingerprint density at radius 3 is 2.40 bits per heavy atom. The van der Waals surface area contributed by atoms with Crippen molar-refractivity contribution >= 4 is 13.5 Å². The number of alkyl halides is 3. The van der Waals surface area contributed by atoms with Gasteiger partial charge in [-0.05, 0) is 26.8 Å². The van der Waals surface area contributed by atoms with Crippen LogP contribution in [0.25, 0.3) is 0 Å². The van der Waals surface area contributed by atoms with Crippen LogP contribution in [-0.2, 0) is 0 Å². The molecule has 0 aliphatic heterocycles. The van der Waals surface area contributed by atoms with Gasteiger partial charge in [-0.1, -0.05) is 6.07 Å². The number of rotatable bonds is 4. The van der Waals surface area contributed by atoms with Gasteiger partial charge in [-0.15, -0.1) is 13.2 Å². The third-order valence-corrected chi connectivity index (χ3v) is 2.13. The van der Waals surface area contributed by atoms with Crippen molar-refractivity contribution in [2.45, 2.75) is 38.8 Å². The molecule has 0 aromatic carbocycles. The first-order valence-corrected chi connectivity index (χ1v) is 5.73. The minimum Gasteiger partial charge on any atom is -0.388 e. The van der Waals surface area contributed by atoms with Gasteiger partial charge in [0, 0.05) is 18.2 Å². The maximum Gasteiger partial charge on any atom is 0.574 e. The van der Waals surface area contributed by atoms with Gasteiger partial charge in [0.15, 0.2) is 0 Å². The highest BCUT2D eigenvalue weighted by Gasteiger charge is 2.32. The second-order valence-corrected chi connectivity index (χ2v) is 5.10. The summed E-state index contributed by atoms with van der Waals surface area (Å²) in [5.41, 5.74) is -0.0837. The van der Waals surface area contributed by atoms with Gasteiger partial charge >= 0.3 is 6.36 Å². The molecule has 20 heavy (non-hydrogen) atoms. The fourth-order valence-electron chi connectivity index (χ4n) is 1.30. The lowest BCUT2D eigenvalue weighted by molar-refractivity contribution is -0.276. The fourth-order valence-corrected chi connectivity index (χ4v) is 1.30. The number of pyridine rings is 1. The van der Waals surface area contributed by atoms with Crippen LogP contribution in [0.5, 0.6) is 5.88 Å². The monoisotopic (exact) mass is 312 g/mol. The third-order valence-electron chi connectivity index (χ3n) is 2.13. The summed E-state index contributed by atoms with van der Waals surface area (Å²) < 4.78 is 39.8. The zero-order chi connectivity index (χ0) is 14.7. The number of hydrogen-bond donors (Lipinski definition) is 2. The second-order valence-electron chi connectivity index (χ2n) is 5.10. The summed E-state index contributed by atoms with van der Waals surface area (Å²) in [7, 11) is 0. The minimum absolute atomic E-state index is 0. The van der Waals surface area contributed by atoms with Crippen molar-refractivity contribution in [3.05, 3.63) is 23.9 Å². The van der Waals surface area contributed by atoms with Crippen LogP contribution < -0.4 is 10.1 Å². The summed E-state index contributed by atoms with van der Waals surface area (Å²) in [6, 6.07) is 3.88. The minimum atomic E-state index is -4.79. The predicted octanol–water partition coefficient (Wildman–Crippen LogP) is 2.51. The molecule has 0 saturated heterocycles. The normalized spacial score (nSPS) is 13.6. The molecule has 0 saturated carbocycles. The van der Waals surface area contributed by atoms with E-state index in [0.717, 1.165) is 6.07 Å². The van der Waals surface area contributed by atoms with Gasteiger partial charge in [0.05, 0.1) is 5.69 Å². The van der Waals surface area contributed by atoms with Crippen molar-refractivity contribution in [1.82, 2.24) is 10.3 Å². The second kappa shape index (κ2) is 7.14. The number of halogens is 3. The summed E-state index contributed by atoms with van der Waals surface area (Å²) in [5.74, 6) is -0.584. The van der Waals surface area contributed by atoms with E-state index in [-0.39, 0.29) is 31.3 Å². The molecule has 2 N–H and O–H groups in total. The lowest BCUT2D eigenvalue weighted by Crippen LogP contribution is -2.38. The van der Waals surface area contributed by atoms with Crippen LogP contribution >= 0.6 is 13.5 Å². The zero-order valence-electron chi connectivity index (χ0n) is 11.5. The Morgan fingerprint density at radius 1 is 1.30 bits per heavy atom. The summed E-state index contributed by atoms with van der Waals surface area (Å²) in [6.45, 7) is 5.93. The van der Waals surface area contributed by atoms with E-state index in [1.807, 2.05) is 20.8 Å². The van der Waals surface area contributed by atoms with Crippen LogP contribution in [0.2, 0.25) is 0 Å². The van der Waals surface area contributed by atoms with Crippen molar-refractivity contribution < 1.29 is 23.0 Å². The Kier molecular flexibility index (Phi) is 6.79. The van der Waals surface area contributed by atoms with Crippen LogP contribution in [0, 0.1) is 0 Å². The average Bonchev–Trinajstić information content (AvgIpc) is 2.23. The Bertz CT molecular complexity index is 422. The lowest BCUT2D eigenvalue weighted by atomic mass is 10.1. The quantitative estimate of drug-likeness (QED) is 0.897. The predicted molar refractivity (Wildman–Crippen MR) is 74.0 cm³/mol. The third kappa shape index (κ3) is 7.56. The number of aliphatic hydroxyl groups excluding tert-OH is 1. The van der Waals surface area contributed by atoms with Gasteiger partial charge in [-0.3, -0.25) is 0 Å². The molecule has 0 amide bonds. The molecule has 0 aliphatic carbocycles.